The Morgan fingerprint density at radius 1 is 1.38 bits per heavy atom. The van der Waals surface area contributed by atoms with Crippen LogP contribution in [0.2, 0.25) is 0 Å². The minimum Gasteiger partial charge on any atom is -0.334 e. The molecule has 1 saturated heterocycles. The van der Waals surface area contributed by atoms with Crippen molar-refractivity contribution in [3.8, 4) is 0 Å². The minimum absolute atomic E-state index is 0.0638. The van der Waals surface area contributed by atoms with E-state index < -0.39 is 0 Å². The lowest BCUT2D eigenvalue weighted by Crippen LogP contribution is -2.38. The van der Waals surface area contributed by atoms with E-state index in [9.17, 15) is 4.79 Å². The number of rotatable bonds is 3. The number of carbonyl (C=O) groups excluding carboxylic acids is 1. The van der Waals surface area contributed by atoms with Crippen LogP contribution in [0.15, 0.2) is 30.6 Å². The molecule has 3 heterocycles. The first-order valence-corrected chi connectivity index (χ1v) is 8.21. The van der Waals surface area contributed by atoms with Crippen LogP contribution in [0.25, 0.3) is 11.0 Å². The summed E-state index contributed by atoms with van der Waals surface area (Å²) in [6.45, 7) is 3.56. The maximum Gasteiger partial charge on any atom is 0.254 e. The van der Waals surface area contributed by atoms with Crippen LogP contribution >= 0.6 is 0 Å². The van der Waals surface area contributed by atoms with Gasteiger partial charge in [-0.3, -0.25) is 9.48 Å². The highest BCUT2D eigenvalue weighted by Gasteiger charge is 2.30. The van der Waals surface area contributed by atoms with Crippen LogP contribution in [0, 0.1) is 6.92 Å². The zero-order valence-corrected chi connectivity index (χ0v) is 13.9. The molecule has 1 fully saturated rings. The predicted molar refractivity (Wildman–Crippen MR) is 89.5 cm³/mol. The summed E-state index contributed by atoms with van der Waals surface area (Å²) >= 11 is 0. The van der Waals surface area contributed by atoms with Gasteiger partial charge in [0.1, 0.15) is 5.52 Å². The summed E-state index contributed by atoms with van der Waals surface area (Å²) < 4.78 is 3.64. The van der Waals surface area contributed by atoms with Gasteiger partial charge in [0.15, 0.2) is 0 Å². The predicted octanol–water partition coefficient (Wildman–Crippen LogP) is 1.78. The van der Waals surface area contributed by atoms with E-state index in [0.717, 1.165) is 42.5 Å². The number of aryl methyl sites for hydroxylation is 2. The summed E-state index contributed by atoms with van der Waals surface area (Å²) in [5, 5.41) is 12.4. The Labute approximate surface area is 139 Å². The Balaban J connectivity index is 1.57. The Hall–Kier alpha value is -2.70. The van der Waals surface area contributed by atoms with Gasteiger partial charge in [0, 0.05) is 25.4 Å². The summed E-state index contributed by atoms with van der Waals surface area (Å²) in [7, 11) is 1.85. The lowest BCUT2D eigenvalue weighted by Gasteiger charge is -2.24. The van der Waals surface area contributed by atoms with Crippen molar-refractivity contribution < 1.29 is 4.79 Å². The highest BCUT2D eigenvalue weighted by Crippen LogP contribution is 2.23. The number of fused-ring (bicyclic) bond motifs is 1. The smallest absolute Gasteiger partial charge is 0.254 e. The average Bonchev–Trinajstić information content (AvgIpc) is 3.29. The molecule has 0 bridgehead atoms. The minimum atomic E-state index is 0.0638. The summed E-state index contributed by atoms with van der Waals surface area (Å²) in [5.74, 6) is 0.0638. The summed E-state index contributed by atoms with van der Waals surface area (Å²) in [5.41, 5.74) is 3.49. The van der Waals surface area contributed by atoms with Gasteiger partial charge in [0.25, 0.3) is 5.91 Å². The van der Waals surface area contributed by atoms with Gasteiger partial charge in [0.05, 0.1) is 24.3 Å². The van der Waals surface area contributed by atoms with Gasteiger partial charge < -0.3 is 4.90 Å². The molecule has 124 valence electrons. The number of hydrogen-bond acceptors (Lipinski definition) is 4. The number of benzene rings is 1. The number of carbonyl (C=O) groups is 1. The van der Waals surface area contributed by atoms with Gasteiger partial charge in [-0.05, 0) is 43.5 Å². The molecule has 0 aliphatic carbocycles. The Kier molecular flexibility index (Phi) is 3.55. The van der Waals surface area contributed by atoms with Gasteiger partial charge in [-0.25, -0.2) is 4.68 Å². The van der Waals surface area contributed by atoms with Crippen molar-refractivity contribution in [3.05, 3.63) is 41.7 Å². The second-order valence-corrected chi connectivity index (χ2v) is 6.45. The number of aromatic nitrogens is 5. The zero-order valence-electron chi connectivity index (χ0n) is 13.9. The first-order chi connectivity index (χ1) is 11.6. The lowest BCUT2D eigenvalue weighted by atomic mass is 10.1. The third-order valence-electron chi connectivity index (χ3n) is 4.66. The Morgan fingerprint density at radius 2 is 2.25 bits per heavy atom. The van der Waals surface area contributed by atoms with Crippen LogP contribution in [0.5, 0.6) is 0 Å². The lowest BCUT2D eigenvalue weighted by molar-refractivity contribution is 0.0722. The maximum atomic E-state index is 12.9. The Morgan fingerprint density at radius 3 is 3.04 bits per heavy atom. The van der Waals surface area contributed by atoms with Crippen molar-refractivity contribution in [2.75, 3.05) is 6.54 Å². The highest BCUT2D eigenvalue weighted by atomic mass is 16.2. The molecule has 0 radical (unpaired) electrons. The van der Waals surface area contributed by atoms with Crippen LogP contribution in [-0.2, 0) is 13.6 Å². The van der Waals surface area contributed by atoms with Gasteiger partial charge in [-0.15, -0.1) is 5.10 Å². The molecule has 2 aromatic heterocycles. The van der Waals surface area contributed by atoms with E-state index in [1.54, 1.807) is 4.68 Å². The van der Waals surface area contributed by atoms with E-state index >= 15 is 0 Å². The van der Waals surface area contributed by atoms with E-state index in [1.807, 2.05) is 54.1 Å². The largest absolute Gasteiger partial charge is 0.334 e. The summed E-state index contributed by atoms with van der Waals surface area (Å²) in [4.78, 5) is 14.9. The van der Waals surface area contributed by atoms with Crippen molar-refractivity contribution in [1.82, 2.24) is 29.7 Å². The zero-order chi connectivity index (χ0) is 16.7. The fourth-order valence-corrected chi connectivity index (χ4v) is 3.42. The van der Waals surface area contributed by atoms with Crippen molar-refractivity contribution in [1.29, 1.82) is 0 Å². The molecule has 0 N–H and O–H groups in total. The van der Waals surface area contributed by atoms with Crippen LogP contribution in [0.1, 0.15) is 28.8 Å². The molecule has 0 unspecified atom stereocenters. The first-order valence-electron chi connectivity index (χ1n) is 8.21. The first kappa shape index (κ1) is 14.9. The van der Waals surface area contributed by atoms with Crippen LogP contribution < -0.4 is 0 Å². The number of nitrogens with zero attached hydrogens (tertiary/aromatic N) is 6. The van der Waals surface area contributed by atoms with Gasteiger partial charge >= 0.3 is 0 Å². The van der Waals surface area contributed by atoms with Gasteiger partial charge in [0.2, 0.25) is 0 Å². The molecule has 1 atom stereocenters. The third-order valence-corrected chi connectivity index (χ3v) is 4.66. The fourth-order valence-electron chi connectivity index (χ4n) is 3.42. The molecule has 1 amide bonds. The number of amides is 1. The highest BCUT2D eigenvalue weighted by molar-refractivity contribution is 5.97. The molecule has 3 aromatic rings. The molecule has 7 nitrogen and oxygen atoms in total. The molecule has 0 saturated carbocycles. The topological polar surface area (TPSA) is 68.8 Å². The quantitative estimate of drug-likeness (QED) is 0.736. The van der Waals surface area contributed by atoms with Crippen molar-refractivity contribution in [2.24, 2.45) is 7.05 Å². The normalized spacial score (nSPS) is 17.8. The second kappa shape index (κ2) is 5.74. The van der Waals surface area contributed by atoms with Gasteiger partial charge in [-0.1, -0.05) is 5.21 Å². The standard InChI is InChI=1S/C17H20N6O/c1-12-9-18-22(10-12)11-14-4-3-7-23(14)17(24)13-5-6-16-15(8-13)19-20-21(16)2/h5-6,8-10,14H,3-4,7,11H2,1-2H3/t14-/m0/s1. The average molecular weight is 324 g/mol. The molecular formula is C17H20N6O. The van der Waals surface area contributed by atoms with Crippen molar-refractivity contribution in [2.45, 2.75) is 32.4 Å². The molecule has 0 spiro atoms. The Bertz CT molecular complexity index is 896. The molecule has 1 aliphatic rings. The molecule has 7 heteroatoms. The third kappa shape index (κ3) is 2.55. The maximum absolute atomic E-state index is 12.9. The molecule has 4 rings (SSSR count). The molecule has 1 aromatic carbocycles. The van der Waals surface area contributed by atoms with E-state index in [0.29, 0.717) is 5.56 Å². The summed E-state index contributed by atoms with van der Waals surface area (Å²) in [6, 6.07) is 5.79. The van der Waals surface area contributed by atoms with Crippen molar-refractivity contribution in [3.63, 3.8) is 0 Å². The van der Waals surface area contributed by atoms with Crippen LogP contribution in [0.4, 0.5) is 0 Å². The van der Waals surface area contributed by atoms with Crippen LogP contribution in [-0.4, -0.2) is 48.2 Å². The van der Waals surface area contributed by atoms with E-state index in [-0.39, 0.29) is 11.9 Å². The monoisotopic (exact) mass is 324 g/mol. The van der Waals surface area contributed by atoms with Gasteiger partial charge in [-0.2, -0.15) is 5.10 Å². The number of likely N-dealkylation sites (tertiary alicyclic amines) is 1. The van der Waals surface area contributed by atoms with Crippen LogP contribution in [0.3, 0.4) is 0 Å². The summed E-state index contributed by atoms with van der Waals surface area (Å²) in [6.07, 6.45) is 5.91. The number of hydrogen-bond donors (Lipinski definition) is 0. The molecular weight excluding hydrogens is 304 g/mol. The van der Waals surface area contributed by atoms with E-state index in [4.69, 9.17) is 0 Å². The molecule has 1 aliphatic heterocycles. The SMILES string of the molecule is Cc1cnn(C[C@@H]2CCCN2C(=O)c2ccc3c(c2)nnn3C)c1. The second-order valence-electron chi connectivity index (χ2n) is 6.45. The fraction of sp³-hybridized carbons (Fsp3) is 0.412. The molecule has 24 heavy (non-hydrogen) atoms. The van der Waals surface area contributed by atoms with E-state index in [1.165, 1.54) is 0 Å². The van der Waals surface area contributed by atoms with Crippen molar-refractivity contribution >= 4 is 16.9 Å². The van der Waals surface area contributed by atoms with E-state index in [2.05, 4.69) is 15.4 Å².